The number of fused-ring (bicyclic) bond motifs is 1. The number of nitrogens with one attached hydrogen (secondary N) is 1. The molecule has 0 unspecified atom stereocenters. The van der Waals surface area contributed by atoms with Crippen LogP contribution in [0.3, 0.4) is 0 Å². The number of aromatic nitrogens is 1. The van der Waals surface area contributed by atoms with E-state index >= 15 is 0 Å². The zero-order valence-corrected chi connectivity index (χ0v) is 12.8. The van der Waals surface area contributed by atoms with Gasteiger partial charge in [-0.1, -0.05) is 54.6 Å². The molecule has 0 aliphatic rings. The van der Waals surface area contributed by atoms with E-state index in [0.29, 0.717) is 17.1 Å². The van der Waals surface area contributed by atoms with E-state index in [9.17, 15) is 4.79 Å². The predicted octanol–water partition coefficient (Wildman–Crippen LogP) is 3.56. The molecule has 1 amide bonds. The van der Waals surface area contributed by atoms with E-state index in [1.54, 1.807) is 13.1 Å². The van der Waals surface area contributed by atoms with Gasteiger partial charge in [-0.15, -0.1) is 0 Å². The molecule has 0 radical (unpaired) electrons. The van der Waals surface area contributed by atoms with Crippen LogP contribution in [-0.2, 0) is 4.79 Å². The van der Waals surface area contributed by atoms with Crippen LogP contribution in [0.15, 0.2) is 72.6 Å². The fourth-order valence-electron chi connectivity index (χ4n) is 2.53. The third-order valence-electron chi connectivity index (χ3n) is 3.59. The highest BCUT2D eigenvalue weighted by atomic mass is 16.1. The number of carbonyl (C=O) groups excluding carboxylic acids is 1. The molecule has 1 aromatic heterocycles. The monoisotopic (exact) mass is 303 g/mol. The number of hydrogen-bond acceptors (Lipinski definition) is 3. The Balaban J connectivity index is 1.98. The summed E-state index contributed by atoms with van der Waals surface area (Å²) in [5.41, 5.74) is 7.64. The molecule has 114 valence electrons. The van der Waals surface area contributed by atoms with Crippen molar-refractivity contribution in [3.8, 4) is 0 Å². The van der Waals surface area contributed by atoms with Crippen molar-refractivity contribution >= 4 is 28.1 Å². The van der Waals surface area contributed by atoms with Crippen LogP contribution in [0.4, 0.5) is 5.82 Å². The van der Waals surface area contributed by atoms with E-state index in [4.69, 9.17) is 5.73 Å². The summed E-state index contributed by atoms with van der Waals surface area (Å²) in [6, 6.07) is 19.1. The van der Waals surface area contributed by atoms with Crippen LogP contribution in [0.5, 0.6) is 0 Å². The molecule has 0 saturated heterocycles. The Labute approximate surface area is 134 Å². The largest absolute Gasteiger partial charge is 0.402 e. The number of amides is 1. The van der Waals surface area contributed by atoms with Crippen molar-refractivity contribution in [1.29, 1.82) is 0 Å². The molecule has 1 heterocycles. The number of nitrogens with zero attached hydrogens (tertiary/aromatic N) is 1. The lowest BCUT2D eigenvalue weighted by Gasteiger charge is -2.12. The van der Waals surface area contributed by atoms with E-state index in [0.717, 1.165) is 16.3 Å². The normalized spacial score (nSPS) is 11.9. The van der Waals surface area contributed by atoms with Crippen molar-refractivity contribution < 1.29 is 4.79 Å². The Morgan fingerprint density at radius 2 is 1.70 bits per heavy atom. The van der Waals surface area contributed by atoms with Crippen LogP contribution in [0, 0.1) is 0 Å². The molecule has 4 heteroatoms. The van der Waals surface area contributed by atoms with Gasteiger partial charge in [0.15, 0.2) is 0 Å². The van der Waals surface area contributed by atoms with E-state index < -0.39 is 0 Å². The molecule has 0 bridgehead atoms. The van der Waals surface area contributed by atoms with Gasteiger partial charge in [-0.3, -0.25) is 4.79 Å². The summed E-state index contributed by atoms with van der Waals surface area (Å²) < 4.78 is 0. The lowest BCUT2D eigenvalue weighted by molar-refractivity contribution is -0.111. The maximum atomic E-state index is 12.7. The molecular formula is C19H17N3O. The lowest BCUT2D eigenvalue weighted by atomic mass is 10.0. The van der Waals surface area contributed by atoms with Gasteiger partial charge < -0.3 is 11.1 Å². The molecule has 23 heavy (non-hydrogen) atoms. The highest BCUT2D eigenvalue weighted by Crippen LogP contribution is 2.23. The first-order valence-corrected chi connectivity index (χ1v) is 7.33. The first-order valence-electron chi connectivity index (χ1n) is 7.33. The van der Waals surface area contributed by atoms with E-state index in [-0.39, 0.29) is 5.91 Å². The molecule has 3 rings (SSSR count). The summed E-state index contributed by atoms with van der Waals surface area (Å²) in [6.45, 7) is 1.72. The molecule has 2 aromatic carbocycles. The van der Waals surface area contributed by atoms with Crippen molar-refractivity contribution in [1.82, 2.24) is 4.98 Å². The third-order valence-corrected chi connectivity index (χ3v) is 3.59. The van der Waals surface area contributed by atoms with Gasteiger partial charge in [-0.05, 0) is 23.9 Å². The molecule has 4 nitrogen and oxygen atoms in total. The minimum atomic E-state index is -0.264. The summed E-state index contributed by atoms with van der Waals surface area (Å²) in [7, 11) is 0. The second kappa shape index (κ2) is 6.32. The third kappa shape index (κ3) is 3.06. The molecule has 0 fully saturated rings. The van der Waals surface area contributed by atoms with Crippen LogP contribution >= 0.6 is 0 Å². The SMILES string of the molecule is C/C(N)=C(/C(=O)Nc1nccc2ccccc12)c1ccccc1. The second-order valence-electron chi connectivity index (χ2n) is 5.26. The van der Waals surface area contributed by atoms with Crippen molar-refractivity contribution in [3.05, 3.63) is 78.1 Å². The van der Waals surface area contributed by atoms with Gasteiger partial charge in [0.05, 0.1) is 5.57 Å². The fraction of sp³-hybridized carbons (Fsp3) is 0.0526. The van der Waals surface area contributed by atoms with Gasteiger partial charge in [0.25, 0.3) is 5.91 Å². The number of allylic oxidation sites excluding steroid dienone is 1. The first kappa shape index (κ1) is 14.8. The zero-order valence-electron chi connectivity index (χ0n) is 12.8. The summed E-state index contributed by atoms with van der Waals surface area (Å²) >= 11 is 0. The highest BCUT2D eigenvalue weighted by Gasteiger charge is 2.16. The van der Waals surface area contributed by atoms with Crippen molar-refractivity contribution in [2.75, 3.05) is 5.32 Å². The smallest absolute Gasteiger partial charge is 0.259 e. The van der Waals surface area contributed by atoms with Gasteiger partial charge in [-0.25, -0.2) is 4.98 Å². The number of nitrogens with two attached hydrogens (primary N) is 1. The molecule has 3 aromatic rings. The lowest BCUT2D eigenvalue weighted by Crippen LogP contribution is -2.18. The number of anilines is 1. The number of hydrogen-bond donors (Lipinski definition) is 2. The average molecular weight is 303 g/mol. The Morgan fingerprint density at radius 1 is 1.00 bits per heavy atom. The van der Waals surface area contributed by atoms with E-state index in [2.05, 4.69) is 10.3 Å². The Kier molecular flexibility index (Phi) is 4.06. The maximum Gasteiger partial charge on any atom is 0.259 e. The molecule has 0 atom stereocenters. The van der Waals surface area contributed by atoms with Crippen molar-refractivity contribution in [3.63, 3.8) is 0 Å². The summed E-state index contributed by atoms with van der Waals surface area (Å²) in [6.07, 6.45) is 1.68. The van der Waals surface area contributed by atoms with Crippen molar-refractivity contribution in [2.45, 2.75) is 6.92 Å². The van der Waals surface area contributed by atoms with E-state index in [1.165, 1.54) is 0 Å². The summed E-state index contributed by atoms with van der Waals surface area (Å²) in [5.74, 6) is 0.267. The fourth-order valence-corrected chi connectivity index (χ4v) is 2.53. The van der Waals surface area contributed by atoms with Gasteiger partial charge in [-0.2, -0.15) is 0 Å². The number of carbonyl (C=O) groups is 1. The van der Waals surface area contributed by atoms with E-state index in [1.807, 2.05) is 60.7 Å². The molecule has 0 aliphatic carbocycles. The van der Waals surface area contributed by atoms with Crippen molar-refractivity contribution in [2.24, 2.45) is 5.73 Å². The van der Waals surface area contributed by atoms with Gasteiger partial charge in [0.1, 0.15) is 5.82 Å². The van der Waals surface area contributed by atoms with Gasteiger partial charge in [0, 0.05) is 17.3 Å². The van der Waals surface area contributed by atoms with Gasteiger partial charge in [0.2, 0.25) is 0 Å². The molecular weight excluding hydrogens is 286 g/mol. The van der Waals surface area contributed by atoms with Crippen LogP contribution in [0.2, 0.25) is 0 Å². The second-order valence-corrected chi connectivity index (χ2v) is 5.26. The number of benzene rings is 2. The number of pyridine rings is 1. The summed E-state index contributed by atoms with van der Waals surface area (Å²) in [5, 5.41) is 4.79. The zero-order chi connectivity index (χ0) is 16.2. The van der Waals surface area contributed by atoms with Crippen LogP contribution in [-0.4, -0.2) is 10.9 Å². The Morgan fingerprint density at radius 3 is 2.43 bits per heavy atom. The summed E-state index contributed by atoms with van der Waals surface area (Å²) in [4.78, 5) is 17.0. The molecule has 0 spiro atoms. The van der Waals surface area contributed by atoms with Crippen LogP contribution < -0.4 is 11.1 Å². The van der Waals surface area contributed by atoms with Crippen LogP contribution in [0.1, 0.15) is 12.5 Å². The number of rotatable bonds is 3. The topological polar surface area (TPSA) is 68.0 Å². The molecule has 0 aliphatic heterocycles. The predicted molar refractivity (Wildman–Crippen MR) is 93.6 cm³/mol. The Hall–Kier alpha value is -3.14. The Bertz CT molecular complexity index is 876. The standard InChI is InChI=1S/C19H17N3O/c1-13(20)17(15-8-3-2-4-9-15)19(23)22-18-16-10-6-5-7-14(16)11-12-21-18/h2-12H,20H2,1H3,(H,21,22,23)/b17-13-. The molecule has 3 N–H and O–H groups in total. The quantitative estimate of drug-likeness (QED) is 0.727. The average Bonchev–Trinajstić information content (AvgIpc) is 2.56. The minimum absolute atomic E-state index is 0.264. The van der Waals surface area contributed by atoms with Gasteiger partial charge >= 0.3 is 0 Å². The highest BCUT2D eigenvalue weighted by molar-refractivity contribution is 6.26. The van der Waals surface area contributed by atoms with Crippen LogP contribution in [0.25, 0.3) is 16.3 Å². The molecule has 0 saturated carbocycles. The first-order chi connectivity index (χ1) is 11.2. The minimum Gasteiger partial charge on any atom is -0.402 e. The maximum absolute atomic E-state index is 12.7.